The van der Waals surface area contributed by atoms with Gasteiger partial charge in [-0.05, 0) is 25.9 Å². The highest BCUT2D eigenvalue weighted by atomic mass is 16.1. The molecule has 1 fully saturated rings. The number of piperidine rings is 1. The smallest absolute Gasteiger partial charge is 0.317 e. The van der Waals surface area contributed by atoms with E-state index in [1.165, 1.54) is 6.20 Å². The van der Waals surface area contributed by atoms with Gasteiger partial charge in [0.05, 0.1) is 0 Å². The van der Waals surface area contributed by atoms with Crippen LogP contribution < -0.4 is 11.0 Å². The first kappa shape index (κ1) is 9.03. The molecule has 1 aliphatic heterocycles. The van der Waals surface area contributed by atoms with Crippen LogP contribution in [0, 0.1) is 11.3 Å². The van der Waals surface area contributed by atoms with Crippen molar-refractivity contribution in [2.24, 2.45) is 0 Å². The lowest BCUT2D eigenvalue weighted by Gasteiger charge is -2.23. The van der Waals surface area contributed by atoms with Gasteiger partial charge in [-0.25, -0.2) is 4.79 Å². The van der Waals surface area contributed by atoms with Crippen LogP contribution in [0.2, 0.25) is 0 Å². The van der Waals surface area contributed by atoms with E-state index in [2.05, 4.69) is 10.3 Å². The van der Waals surface area contributed by atoms with Gasteiger partial charge in [0.15, 0.2) is 0 Å². The first-order valence-electron chi connectivity index (χ1n) is 4.73. The highest BCUT2D eigenvalue weighted by Gasteiger charge is 2.19. The zero-order valence-electron chi connectivity index (χ0n) is 7.79. The van der Waals surface area contributed by atoms with Crippen LogP contribution in [0.15, 0.2) is 11.0 Å². The third-order valence-corrected chi connectivity index (χ3v) is 2.60. The zero-order chi connectivity index (χ0) is 9.97. The van der Waals surface area contributed by atoms with Crippen molar-refractivity contribution in [2.75, 3.05) is 13.1 Å². The minimum atomic E-state index is -0.173. The predicted octanol–water partition coefficient (Wildman–Crippen LogP) is -0.0274. The van der Waals surface area contributed by atoms with Crippen molar-refractivity contribution in [2.45, 2.75) is 18.9 Å². The molecule has 0 amide bonds. The van der Waals surface area contributed by atoms with Crippen molar-refractivity contribution in [1.82, 2.24) is 14.9 Å². The van der Waals surface area contributed by atoms with Crippen LogP contribution in [-0.2, 0) is 0 Å². The molecule has 14 heavy (non-hydrogen) atoms. The van der Waals surface area contributed by atoms with E-state index in [4.69, 9.17) is 5.26 Å². The highest BCUT2D eigenvalue weighted by molar-refractivity contribution is 5.18. The number of aromatic amines is 1. The molecule has 2 heterocycles. The number of nitriles is 1. The quantitative estimate of drug-likeness (QED) is 0.656. The molecule has 1 aromatic rings. The molecule has 0 bridgehead atoms. The van der Waals surface area contributed by atoms with Gasteiger partial charge in [0.25, 0.3) is 0 Å². The summed E-state index contributed by atoms with van der Waals surface area (Å²) < 4.78 is 1.57. The number of hydrogen-bond acceptors (Lipinski definition) is 3. The zero-order valence-corrected chi connectivity index (χ0v) is 7.79. The van der Waals surface area contributed by atoms with Crippen LogP contribution in [0.1, 0.15) is 24.6 Å². The van der Waals surface area contributed by atoms with Gasteiger partial charge in [0.1, 0.15) is 11.8 Å². The Bertz CT molecular complexity index is 405. The summed E-state index contributed by atoms with van der Waals surface area (Å²) in [4.78, 5) is 14.0. The molecule has 2 rings (SSSR count). The van der Waals surface area contributed by atoms with Crippen LogP contribution in [0.3, 0.4) is 0 Å². The van der Waals surface area contributed by atoms with Crippen LogP contribution in [-0.4, -0.2) is 22.6 Å². The van der Waals surface area contributed by atoms with Crippen molar-refractivity contribution in [3.8, 4) is 6.07 Å². The Balaban J connectivity index is 2.34. The summed E-state index contributed by atoms with van der Waals surface area (Å²) in [6.07, 6.45) is 3.29. The Labute approximate surface area is 81.4 Å². The molecule has 2 N–H and O–H groups in total. The lowest BCUT2D eigenvalue weighted by atomic mass is 10.1. The summed E-state index contributed by atoms with van der Waals surface area (Å²) in [5.74, 6) is 0. The molecule has 0 saturated carbocycles. The predicted molar refractivity (Wildman–Crippen MR) is 50.9 cm³/mol. The normalized spacial score (nSPS) is 17.9. The molecule has 0 aromatic carbocycles. The van der Waals surface area contributed by atoms with Crippen molar-refractivity contribution >= 4 is 0 Å². The number of rotatable bonds is 1. The summed E-state index contributed by atoms with van der Waals surface area (Å²) in [6, 6.07) is 2.20. The number of nitrogens with one attached hydrogen (secondary N) is 2. The van der Waals surface area contributed by atoms with Gasteiger partial charge in [-0.15, -0.1) is 0 Å². The Kier molecular flexibility index (Phi) is 2.37. The fraction of sp³-hybridized carbons (Fsp3) is 0.556. The maximum atomic E-state index is 11.4. The molecule has 5 heteroatoms. The lowest BCUT2D eigenvalue weighted by molar-refractivity contribution is 0.359. The highest BCUT2D eigenvalue weighted by Crippen LogP contribution is 2.17. The molecule has 0 radical (unpaired) electrons. The molecule has 74 valence electrons. The van der Waals surface area contributed by atoms with Gasteiger partial charge < -0.3 is 10.3 Å². The van der Waals surface area contributed by atoms with Crippen molar-refractivity contribution in [3.05, 3.63) is 22.4 Å². The SMILES string of the molecule is N#Cc1c[nH]c(=O)n1C1CCNCC1. The van der Waals surface area contributed by atoms with E-state index in [0.717, 1.165) is 25.9 Å². The Hall–Kier alpha value is -1.54. The van der Waals surface area contributed by atoms with Crippen molar-refractivity contribution < 1.29 is 0 Å². The van der Waals surface area contributed by atoms with E-state index in [1.807, 2.05) is 6.07 Å². The second-order valence-electron chi connectivity index (χ2n) is 3.44. The van der Waals surface area contributed by atoms with Crippen LogP contribution in [0.5, 0.6) is 0 Å². The Morgan fingerprint density at radius 2 is 2.21 bits per heavy atom. The summed E-state index contributed by atoms with van der Waals surface area (Å²) in [5, 5.41) is 12.0. The average Bonchev–Trinajstić information content (AvgIpc) is 2.61. The lowest BCUT2D eigenvalue weighted by Crippen LogP contribution is -2.33. The molecular weight excluding hydrogens is 180 g/mol. The molecule has 0 spiro atoms. The first-order chi connectivity index (χ1) is 6.83. The minimum Gasteiger partial charge on any atom is -0.317 e. The fourth-order valence-electron chi connectivity index (χ4n) is 1.89. The number of hydrogen-bond donors (Lipinski definition) is 2. The standard InChI is InChI=1S/C9H12N4O/c10-5-8-6-12-9(14)13(8)7-1-3-11-4-2-7/h6-7,11H,1-4H2,(H,12,14). The van der Waals surface area contributed by atoms with E-state index < -0.39 is 0 Å². The van der Waals surface area contributed by atoms with E-state index in [1.54, 1.807) is 4.57 Å². The fourth-order valence-corrected chi connectivity index (χ4v) is 1.89. The third-order valence-electron chi connectivity index (χ3n) is 2.60. The van der Waals surface area contributed by atoms with Gasteiger partial charge >= 0.3 is 5.69 Å². The van der Waals surface area contributed by atoms with Crippen LogP contribution >= 0.6 is 0 Å². The van der Waals surface area contributed by atoms with E-state index >= 15 is 0 Å². The largest absolute Gasteiger partial charge is 0.326 e. The van der Waals surface area contributed by atoms with E-state index in [9.17, 15) is 4.79 Å². The monoisotopic (exact) mass is 192 g/mol. The molecule has 0 aliphatic carbocycles. The molecule has 0 unspecified atom stereocenters. The number of imidazole rings is 1. The topological polar surface area (TPSA) is 73.6 Å². The minimum absolute atomic E-state index is 0.171. The second-order valence-corrected chi connectivity index (χ2v) is 3.44. The summed E-state index contributed by atoms with van der Waals surface area (Å²) in [7, 11) is 0. The van der Waals surface area contributed by atoms with Crippen molar-refractivity contribution in [3.63, 3.8) is 0 Å². The number of aromatic nitrogens is 2. The summed E-state index contributed by atoms with van der Waals surface area (Å²) in [5.41, 5.74) is 0.260. The van der Waals surface area contributed by atoms with E-state index in [0.29, 0.717) is 5.69 Å². The average molecular weight is 192 g/mol. The van der Waals surface area contributed by atoms with Crippen molar-refractivity contribution in [1.29, 1.82) is 5.26 Å². The summed E-state index contributed by atoms with van der Waals surface area (Å²) >= 11 is 0. The van der Waals surface area contributed by atoms with Gasteiger partial charge in [-0.3, -0.25) is 4.57 Å². The van der Waals surface area contributed by atoms with Crippen LogP contribution in [0.4, 0.5) is 0 Å². The molecule has 1 saturated heterocycles. The third kappa shape index (κ3) is 1.44. The van der Waals surface area contributed by atoms with Gasteiger partial charge in [0.2, 0.25) is 0 Å². The molecular formula is C9H12N4O. The van der Waals surface area contributed by atoms with E-state index in [-0.39, 0.29) is 11.7 Å². The molecule has 1 aromatic heterocycles. The second kappa shape index (κ2) is 3.68. The molecule has 5 nitrogen and oxygen atoms in total. The van der Waals surface area contributed by atoms with Gasteiger partial charge in [0, 0.05) is 12.2 Å². The maximum absolute atomic E-state index is 11.4. The first-order valence-corrected chi connectivity index (χ1v) is 4.73. The molecule has 0 atom stereocenters. The Morgan fingerprint density at radius 3 is 2.86 bits per heavy atom. The number of H-pyrrole nitrogens is 1. The van der Waals surface area contributed by atoms with Gasteiger partial charge in [-0.2, -0.15) is 5.26 Å². The maximum Gasteiger partial charge on any atom is 0.326 e. The summed E-state index contributed by atoms with van der Waals surface area (Å²) in [6.45, 7) is 1.82. The molecule has 1 aliphatic rings. The number of nitrogens with zero attached hydrogens (tertiary/aromatic N) is 2. The van der Waals surface area contributed by atoms with Gasteiger partial charge in [-0.1, -0.05) is 0 Å². The Morgan fingerprint density at radius 1 is 1.50 bits per heavy atom. The van der Waals surface area contributed by atoms with Crippen LogP contribution in [0.25, 0.3) is 0 Å².